The topological polar surface area (TPSA) is 129 Å². The van der Waals surface area contributed by atoms with Crippen LogP contribution in [-0.4, -0.2) is 36.7 Å². The highest BCUT2D eigenvalue weighted by Crippen LogP contribution is 2.42. The zero-order valence-corrected chi connectivity index (χ0v) is 17.7. The second kappa shape index (κ2) is 9.95. The lowest BCUT2D eigenvalue weighted by Gasteiger charge is -2.29. The summed E-state index contributed by atoms with van der Waals surface area (Å²) in [5, 5.41) is 17.0. The molecule has 0 aliphatic carbocycles. The summed E-state index contributed by atoms with van der Waals surface area (Å²) in [6.07, 6.45) is 0.787. The molecule has 2 amide bonds. The fourth-order valence-corrected chi connectivity index (χ4v) is 3.18. The number of hydrogen-bond donors (Lipinski definition) is 2. The van der Waals surface area contributed by atoms with Crippen LogP contribution in [0.1, 0.15) is 52.1 Å². The number of carbonyl (C=O) groups is 2. The van der Waals surface area contributed by atoms with E-state index in [0.29, 0.717) is 24.1 Å². The van der Waals surface area contributed by atoms with Crippen LogP contribution in [0.15, 0.2) is 23.4 Å². The van der Waals surface area contributed by atoms with Crippen LogP contribution in [0.2, 0.25) is 0 Å². The molecule has 1 aliphatic rings. The monoisotopic (exact) mass is 421 g/mol. The van der Waals surface area contributed by atoms with Crippen LogP contribution >= 0.6 is 0 Å². The molecule has 164 valence electrons. The van der Waals surface area contributed by atoms with Crippen molar-refractivity contribution in [1.82, 2.24) is 10.6 Å². The molecular formula is C20H27N3O7. The van der Waals surface area contributed by atoms with E-state index in [4.69, 9.17) is 14.2 Å². The second-order valence-corrected chi connectivity index (χ2v) is 6.89. The number of amides is 2. The first-order valence-corrected chi connectivity index (χ1v) is 9.74. The number of hydrogen-bond acceptors (Lipinski definition) is 7. The lowest BCUT2D eigenvalue weighted by molar-refractivity contribution is -0.386. The van der Waals surface area contributed by atoms with E-state index in [2.05, 4.69) is 10.6 Å². The predicted molar refractivity (Wildman–Crippen MR) is 108 cm³/mol. The van der Waals surface area contributed by atoms with E-state index in [-0.39, 0.29) is 35.5 Å². The van der Waals surface area contributed by atoms with E-state index < -0.39 is 23.0 Å². The summed E-state index contributed by atoms with van der Waals surface area (Å²) in [7, 11) is 1.36. The van der Waals surface area contributed by atoms with E-state index in [1.165, 1.54) is 19.2 Å². The zero-order chi connectivity index (χ0) is 22.4. The number of carbonyl (C=O) groups excluding carboxylic acids is 2. The number of nitro benzene ring substituents is 1. The molecule has 0 bridgehead atoms. The Morgan fingerprint density at radius 1 is 1.30 bits per heavy atom. The van der Waals surface area contributed by atoms with Crippen molar-refractivity contribution in [2.24, 2.45) is 0 Å². The lowest BCUT2D eigenvalue weighted by Crippen LogP contribution is -2.46. The molecule has 0 radical (unpaired) electrons. The number of nitrogens with zero attached hydrogens (tertiary/aromatic N) is 1. The molecule has 0 fully saturated rings. The molecule has 0 aromatic heterocycles. The van der Waals surface area contributed by atoms with Crippen LogP contribution in [0.4, 0.5) is 10.5 Å². The van der Waals surface area contributed by atoms with E-state index in [9.17, 15) is 19.7 Å². The van der Waals surface area contributed by atoms with Crippen LogP contribution < -0.4 is 20.1 Å². The molecule has 1 heterocycles. The third kappa shape index (κ3) is 5.00. The number of benzene rings is 1. The van der Waals surface area contributed by atoms with Gasteiger partial charge in [-0.15, -0.1) is 0 Å². The van der Waals surface area contributed by atoms with Gasteiger partial charge in [-0.25, -0.2) is 9.59 Å². The molecule has 0 spiro atoms. The quantitative estimate of drug-likeness (QED) is 0.355. The zero-order valence-electron chi connectivity index (χ0n) is 17.7. The van der Waals surface area contributed by atoms with Crippen molar-refractivity contribution in [3.05, 3.63) is 39.1 Å². The van der Waals surface area contributed by atoms with Gasteiger partial charge in [-0.05, 0) is 38.8 Å². The molecule has 10 heteroatoms. The minimum absolute atomic E-state index is 0.0167. The fraction of sp³-hybridized carbons (Fsp3) is 0.500. The molecule has 10 nitrogen and oxygen atoms in total. The van der Waals surface area contributed by atoms with Crippen LogP contribution in [0.3, 0.4) is 0 Å². The van der Waals surface area contributed by atoms with Crippen molar-refractivity contribution in [3.8, 4) is 11.5 Å². The van der Waals surface area contributed by atoms with Crippen LogP contribution in [0, 0.1) is 10.1 Å². The summed E-state index contributed by atoms with van der Waals surface area (Å²) in [5.41, 5.74) is 0.605. The number of nitro groups is 1. The smallest absolute Gasteiger partial charge is 0.338 e. The summed E-state index contributed by atoms with van der Waals surface area (Å²) in [6, 6.07) is 1.34. The molecule has 2 N–H and O–H groups in total. The van der Waals surface area contributed by atoms with Gasteiger partial charge in [0, 0.05) is 11.8 Å². The Bertz CT molecular complexity index is 864. The van der Waals surface area contributed by atoms with Crippen molar-refractivity contribution in [3.63, 3.8) is 0 Å². The average Bonchev–Trinajstić information content (AvgIpc) is 2.67. The molecule has 1 atom stereocenters. The highest BCUT2D eigenvalue weighted by molar-refractivity contribution is 5.95. The van der Waals surface area contributed by atoms with Gasteiger partial charge in [0.25, 0.3) is 0 Å². The van der Waals surface area contributed by atoms with Crippen molar-refractivity contribution in [2.45, 2.75) is 52.7 Å². The standard InChI is InChI=1S/C20H27N3O7/c1-6-8-13-16(19(24)29-7-2)17(22-20(25)21-13)12-9-14(23(26)27)18(30-11(3)4)15(10-12)28-5/h9-11,17H,6-8H2,1-5H3,(H2,21,22,25). The maximum atomic E-state index is 12.7. The van der Waals surface area contributed by atoms with Crippen LogP contribution in [-0.2, 0) is 9.53 Å². The first kappa shape index (κ1) is 23.0. The van der Waals surface area contributed by atoms with Gasteiger partial charge in [-0.2, -0.15) is 0 Å². The second-order valence-electron chi connectivity index (χ2n) is 6.89. The van der Waals surface area contributed by atoms with Gasteiger partial charge in [0.15, 0.2) is 5.75 Å². The van der Waals surface area contributed by atoms with Crippen molar-refractivity contribution in [1.29, 1.82) is 0 Å². The first-order chi connectivity index (χ1) is 14.2. The van der Waals surface area contributed by atoms with Gasteiger partial charge >= 0.3 is 17.7 Å². The third-order valence-corrected chi connectivity index (χ3v) is 4.31. The summed E-state index contributed by atoms with van der Waals surface area (Å²) in [4.78, 5) is 36.1. The largest absolute Gasteiger partial charge is 0.493 e. The Morgan fingerprint density at radius 3 is 2.53 bits per heavy atom. The van der Waals surface area contributed by atoms with Gasteiger partial charge < -0.3 is 24.8 Å². The van der Waals surface area contributed by atoms with Crippen LogP contribution in [0.5, 0.6) is 11.5 Å². The summed E-state index contributed by atoms with van der Waals surface area (Å²) < 4.78 is 16.1. The van der Waals surface area contributed by atoms with E-state index in [1.54, 1.807) is 20.8 Å². The van der Waals surface area contributed by atoms with Gasteiger partial charge in [0.1, 0.15) is 0 Å². The van der Waals surface area contributed by atoms with Gasteiger partial charge in [0.05, 0.1) is 36.4 Å². The number of ether oxygens (including phenoxy) is 3. The van der Waals surface area contributed by atoms with Crippen LogP contribution in [0.25, 0.3) is 0 Å². The number of allylic oxidation sites excluding steroid dienone is 1. The lowest BCUT2D eigenvalue weighted by atomic mass is 9.93. The Balaban J connectivity index is 2.70. The average molecular weight is 421 g/mol. The molecule has 0 saturated carbocycles. The van der Waals surface area contributed by atoms with Gasteiger partial charge in [-0.1, -0.05) is 13.3 Å². The molecular weight excluding hydrogens is 394 g/mol. The number of urea groups is 1. The fourth-order valence-electron chi connectivity index (χ4n) is 3.18. The van der Waals surface area contributed by atoms with E-state index in [0.717, 1.165) is 0 Å². The Morgan fingerprint density at radius 2 is 2.00 bits per heavy atom. The highest BCUT2D eigenvalue weighted by Gasteiger charge is 2.35. The summed E-state index contributed by atoms with van der Waals surface area (Å²) >= 11 is 0. The van der Waals surface area contributed by atoms with Crippen molar-refractivity contribution >= 4 is 17.7 Å². The number of rotatable bonds is 9. The Hall–Kier alpha value is -3.30. The van der Waals surface area contributed by atoms with Crippen molar-refractivity contribution < 1.29 is 28.7 Å². The minimum Gasteiger partial charge on any atom is -0.493 e. The number of methoxy groups -OCH3 is 1. The molecule has 30 heavy (non-hydrogen) atoms. The van der Waals surface area contributed by atoms with Gasteiger partial charge in [-0.3, -0.25) is 10.1 Å². The molecule has 2 rings (SSSR count). The van der Waals surface area contributed by atoms with Crippen molar-refractivity contribution in [2.75, 3.05) is 13.7 Å². The maximum absolute atomic E-state index is 12.7. The molecule has 1 unspecified atom stereocenters. The normalized spacial score (nSPS) is 16.1. The maximum Gasteiger partial charge on any atom is 0.338 e. The molecule has 1 aliphatic heterocycles. The molecule has 1 aromatic rings. The molecule has 1 aromatic carbocycles. The van der Waals surface area contributed by atoms with E-state index >= 15 is 0 Å². The van der Waals surface area contributed by atoms with E-state index in [1.807, 2.05) is 6.92 Å². The number of nitrogens with one attached hydrogen (secondary N) is 2. The predicted octanol–water partition coefficient (Wildman–Crippen LogP) is 3.36. The molecule has 0 saturated heterocycles. The Labute approximate surface area is 174 Å². The Kier molecular flexibility index (Phi) is 7.62. The number of esters is 1. The SMILES string of the molecule is CCCC1=C(C(=O)OCC)C(c2cc(OC)c(OC(C)C)c([N+](=O)[O-])c2)NC(=O)N1. The summed E-state index contributed by atoms with van der Waals surface area (Å²) in [6.45, 7) is 7.21. The first-order valence-electron chi connectivity index (χ1n) is 9.74. The van der Waals surface area contributed by atoms with Gasteiger partial charge in [0.2, 0.25) is 5.75 Å². The highest BCUT2D eigenvalue weighted by atomic mass is 16.6. The minimum atomic E-state index is -0.944. The third-order valence-electron chi connectivity index (χ3n) is 4.31. The summed E-state index contributed by atoms with van der Waals surface area (Å²) in [5.74, 6) is -0.500.